The van der Waals surface area contributed by atoms with Crippen LogP contribution in [0.25, 0.3) is 0 Å². The predicted octanol–water partition coefficient (Wildman–Crippen LogP) is 2.30. The molecule has 0 unspecified atom stereocenters. The summed E-state index contributed by atoms with van der Waals surface area (Å²) in [5.41, 5.74) is 1.09. The molecule has 0 aliphatic heterocycles. The van der Waals surface area contributed by atoms with E-state index in [1.54, 1.807) is 25.2 Å². The van der Waals surface area contributed by atoms with Gasteiger partial charge in [0.25, 0.3) is 0 Å². The number of hydrogen-bond donors (Lipinski definition) is 1. The average molecular weight is 285 g/mol. The molecule has 1 aromatic carbocycles. The van der Waals surface area contributed by atoms with E-state index in [1.165, 1.54) is 4.31 Å². The molecule has 0 fully saturated rings. The second kappa shape index (κ2) is 5.61. The smallest absolute Gasteiger partial charge is 0.243 e. The molecule has 0 bridgehead atoms. The van der Waals surface area contributed by atoms with E-state index >= 15 is 0 Å². The summed E-state index contributed by atoms with van der Waals surface area (Å²) in [6, 6.07) is 4.87. The first-order valence-corrected chi connectivity index (χ1v) is 7.80. The third kappa shape index (κ3) is 3.16. The van der Waals surface area contributed by atoms with E-state index < -0.39 is 15.6 Å². The fourth-order valence-corrected chi connectivity index (χ4v) is 3.31. The molecule has 1 N–H and O–H groups in total. The SMILES string of the molecule is CCC(C)(C)N(C)S(=O)(=O)c1ccc(C)c(CO)c1. The van der Waals surface area contributed by atoms with Crippen molar-refractivity contribution < 1.29 is 13.5 Å². The molecule has 5 heteroatoms. The summed E-state index contributed by atoms with van der Waals surface area (Å²) in [7, 11) is -1.94. The fraction of sp³-hybridized carbons (Fsp3) is 0.571. The zero-order valence-electron chi connectivity index (χ0n) is 12.3. The molecule has 0 aliphatic rings. The first-order chi connectivity index (χ1) is 8.66. The largest absolute Gasteiger partial charge is 0.392 e. The Balaban J connectivity index is 3.28. The zero-order valence-corrected chi connectivity index (χ0v) is 13.1. The normalized spacial score (nSPS) is 13.0. The van der Waals surface area contributed by atoms with Crippen LogP contribution in [-0.4, -0.2) is 30.4 Å². The molecule has 0 heterocycles. The van der Waals surface area contributed by atoms with Crippen LogP contribution >= 0.6 is 0 Å². The zero-order chi connectivity index (χ0) is 14.8. The molecule has 0 radical (unpaired) electrons. The second-order valence-corrected chi connectivity index (χ2v) is 7.35. The first kappa shape index (κ1) is 16.1. The highest BCUT2D eigenvalue weighted by Crippen LogP contribution is 2.26. The van der Waals surface area contributed by atoms with Crippen molar-refractivity contribution in [2.24, 2.45) is 0 Å². The number of sulfonamides is 1. The molecule has 1 rings (SSSR count). The van der Waals surface area contributed by atoms with Gasteiger partial charge in [0, 0.05) is 12.6 Å². The van der Waals surface area contributed by atoms with Crippen molar-refractivity contribution in [3.63, 3.8) is 0 Å². The predicted molar refractivity (Wildman–Crippen MR) is 76.4 cm³/mol. The maximum absolute atomic E-state index is 12.6. The average Bonchev–Trinajstić information content (AvgIpc) is 2.38. The first-order valence-electron chi connectivity index (χ1n) is 6.36. The molecular formula is C14H23NO3S. The van der Waals surface area contributed by atoms with Gasteiger partial charge in [0.05, 0.1) is 11.5 Å². The molecule has 108 valence electrons. The lowest BCUT2D eigenvalue weighted by molar-refractivity contribution is 0.257. The highest BCUT2D eigenvalue weighted by Gasteiger charge is 2.32. The molecule has 0 saturated heterocycles. The standard InChI is InChI=1S/C14H23NO3S/c1-6-14(3,4)15(5)19(17,18)13-8-7-11(2)12(9-13)10-16/h7-9,16H,6,10H2,1-5H3. The third-order valence-corrected chi connectivity index (χ3v) is 5.93. The molecule has 0 aromatic heterocycles. The maximum Gasteiger partial charge on any atom is 0.243 e. The number of rotatable bonds is 5. The van der Waals surface area contributed by atoms with E-state index in [4.69, 9.17) is 0 Å². The molecule has 0 atom stereocenters. The van der Waals surface area contributed by atoms with Crippen LogP contribution in [-0.2, 0) is 16.6 Å². The maximum atomic E-state index is 12.6. The molecule has 0 amide bonds. The summed E-state index contributed by atoms with van der Waals surface area (Å²) in [6.45, 7) is 7.44. The van der Waals surface area contributed by atoms with Gasteiger partial charge >= 0.3 is 0 Å². The van der Waals surface area contributed by atoms with Crippen LogP contribution in [0.15, 0.2) is 23.1 Å². The van der Waals surface area contributed by atoms with Crippen LogP contribution in [0.5, 0.6) is 0 Å². The molecule has 19 heavy (non-hydrogen) atoms. The van der Waals surface area contributed by atoms with E-state index in [0.717, 1.165) is 12.0 Å². The van der Waals surface area contributed by atoms with Gasteiger partial charge in [-0.3, -0.25) is 0 Å². The van der Waals surface area contributed by atoms with E-state index in [2.05, 4.69) is 0 Å². The topological polar surface area (TPSA) is 57.6 Å². The number of hydrogen-bond acceptors (Lipinski definition) is 3. The molecular weight excluding hydrogens is 262 g/mol. The van der Waals surface area contributed by atoms with Crippen LogP contribution in [0.1, 0.15) is 38.3 Å². The lowest BCUT2D eigenvalue weighted by atomic mass is 10.0. The molecule has 1 aromatic rings. The highest BCUT2D eigenvalue weighted by molar-refractivity contribution is 7.89. The van der Waals surface area contributed by atoms with E-state index in [-0.39, 0.29) is 11.5 Å². The van der Waals surface area contributed by atoms with Crippen molar-refractivity contribution in [1.29, 1.82) is 0 Å². The summed E-state index contributed by atoms with van der Waals surface area (Å²) < 4.78 is 26.5. The van der Waals surface area contributed by atoms with Gasteiger partial charge in [-0.15, -0.1) is 0 Å². The molecule has 0 spiro atoms. The summed E-state index contributed by atoms with van der Waals surface area (Å²) >= 11 is 0. The number of aryl methyl sites for hydroxylation is 1. The number of aliphatic hydroxyl groups is 1. The van der Waals surface area contributed by atoms with Crippen molar-refractivity contribution in [2.75, 3.05) is 7.05 Å². The number of aliphatic hydroxyl groups excluding tert-OH is 1. The highest BCUT2D eigenvalue weighted by atomic mass is 32.2. The van der Waals surface area contributed by atoms with Crippen molar-refractivity contribution in [3.05, 3.63) is 29.3 Å². The Morgan fingerprint density at radius 1 is 1.32 bits per heavy atom. The minimum Gasteiger partial charge on any atom is -0.392 e. The Labute approximate surface area is 116 Å². The number of benzene rings is 1. The van der Waals surface area contributed by atoms with Gasteiger partial charge in [0.2, 0.25) is 10.0 Å². The van der Waals surface area contributed by atoms with Gasteiger partial charge in [-0.1, -0.05) is 13.0 Å². The van der Waals surface area contributed by atoms with E-state index in [1.807, 2.05) is 27.7 Å². The van der Waals surface area contributed by atoms with Crippen LogP contribution in [0.4, 0.5) is 0 Å². The van der Waals surface area contributed by atoms with Gasteiger partial charge in [-0.25, -0.2) is 8.42 Å². The Bertz CT molecular complexity index is 550. The lowest BCUT2D eigenvalue weighted by Crippen LogP contribution is -2.44. The Morgan fingerprint density at radius 2 is 1.89 bits per heavy atom. The van der Waals surface area contributed by atoms with Gasteiger partial charge in [-0.05, 0) is 50.5 Å². The Morgan fingerprint density at radius 3 is 2.37 bits per heavy atom. The van der Waals surface area contributed by atoms with Crippen LogP contribution in [0.2, 0.25) is 0 Å². The Kier molecular flexibility index (Phi) is 4.76. The molecule has 0 aliphatic carbocycles. The van der Waals surface area contributed by atoms with Crippen molar-refractivity contribution in [2.45, 2.75) is 51.2 Å². The van der Waals surface area contributed by atoms with Crippen molar-refractivity contribution in [1.82, 2.24) is 4.31 Å². The Hall–Kier alpha value is -0.910. The summed E-state index contributed by atoms with van der Waals surface area (Å²) in [4.78, 5) is 0.228. The molecule has 4 nitrogen and oxygen atoms in total. The van der Waals surface area contributed by atoms with Gasteiger partial charge in [0.15, 0.2) is 0 Å². The van der Waals surface area contributed by atoms with E-state index in [0.29, 0.717) is 5.56 Å². The summed E-state index contributed by atoms with van der Waals surface area (Å²) in [6.07, 6.45) is 0.724. The van der Waals surface area contributed by atoms with Gasteiger partial charge in [-0.2, -0.15) is 4.31 Å². The van der Waals surface area contributed by atoms with Crippen molar-refractivity contribution in [3.8, 4) is 0 Å². The minimum atomic E-state index is -3.54. The lowest BCUT2D eigenvalue weighted by Gasteiger charge is -2.33. The monoisotopic (exact) mass is 285 g/mol. The fourth-order valence-electron chi connectivity index (χ4n) is 1.68. The van der Waals surface area contributed by atoms with Gasteiger partial charge in [0.1, 0.15) is 0 Å². The summed E-state index contributed by atoms with van der Waals surface area (Å²) in [5.74, 6) is 0. The van der Waals surface area contributed by atoms with Gasteiger partial charge < -0.3 is 5.11 Å². The van der Waals surface area contributed by atoms with Crippen molar-refractivity contribution >= 4 is 10.0 Å². The van der Waals surface area contributed by atoms with Crippen LogP contribution in [0.3, 0.4) is 0 Å². The minimum absolute atomic E-state index is 0.157. The van der Waals surface area contributed by atoms with Crippen LogP contribution in [0, 0.1) is 6.92 Å². The quantitative estimate of drug-likeness (QED) is 0.903. The second-order valence-electron chi connectivity index (χ2n) is 5.38. The summed E-state index contributed by atoms with van der Waals surface area (Å²) in [5, 5.41) is 9.24. The van der Waals surface area contributed by atoms with E-state index in [9.17, 15) is 13.5 Å². The van der Waals surface area contributed by atoms with Crippen LogP contribution < -0.4 is 0 Å². The molecule has 0 saturated carbocycles. The number of nitrogens with zero attached hydrogens (tertiary/aromatic N) is 1. The third-order valence-electron chi connectivity index (χ3n) is 3.87.